The Morgan fingerprint density at radius 1 is 1.50 bits per heavy atom. The van der Waals surface area contributed by atoms with Gasteiger partial charge in [0.25, 0.3) is 0 Å². The van der Waals surface area contributed by atoms with Crippen molar-refractivity contribution in [3.8, 4) is 5.75 Å². The molecule has 0 saturated heterocycles. The van der Waals surface area contributed by atoms with Crippen molar-refractivity contribution >= 4 is 11.3 Å². The van der Waals surface area contributed by atoms with Crippen molar-refractivity contribution in [2.75, 3.05) is 6.61 Å². The molecule has 2 heteroatoms. The van der Waals surface area contributed by atoms with E-state index < -0.39 is 0 Å². The summed E-state index contributed by atoms with van der Waals surface area (Å²) in [4.78, 5) is 1.28. The van der Waals surface area contributed by atoms with E-state index in [0.29, 0.717) is 0 Å². The maximum atomic E-state index is 5.42. The molecule has 0 fully saturated rings. The van der Waals surface area contributed by atoms with Gasteiger partial charge in [0.2, 0.25) is 0 Å². The van der Waals surface area contributed by atoms with Gasteiger partial charge in [-0.2, -0.15) is 0 Å². The van der Waals surface area contributed by atoms with E-state index >= 15 is 0 Å². The quantitative estimate of drug-likeness (QED) is 0.639. The van der Waals surface area contributed by atoms with Gasteiger partial charge in [-0.05, 0) is 26.2 Å². The highest BCUT2D eigenvalue weighted by molar-refractivity contribution is 7.10. The monoisotopic (exact) mass is 156 g/mol. The van der Waals surface area contributed by atoms with E-state index in [1.54, 1.807) is 11.3 Å². The summed E-state index contributed by atoms with van der Waals surface area (Å²) in [6, 6.07) is 0. The van der Waals surface area contributed by atoms with E-state index in [-0.39, 0.29) is 0 Å². The molecule has 0 amide bonds. The van der Waals surface area contributed by atoms with Crippen LogP contribution in [0.3, 0.4) is 0 Å². The van der Waals surface area contributed by atoms with Crippen molar-refractivity contribution in [3.05, 3.63) is 15.8 Å². The molecule has 0 N–H and O–H groups in total. The normalized spacial score (nSPS) is 9.90. The van der Waals surface area contributed by atoms with Gasteiger partial charge in [0.1, 0.15) is 5.75 Å². The van der Waals surface area contributed by atoms with E-state index in [1.807, 2.05) is 6.92 Å². The van der Waals surface area contributed by atoms with Gasteiger partial charge in [-0.1, -0.05) is 0 Å². The molecule has 10 heavy (non-hydrogen) atoms. The first-order valence-corrected chi connectivity index (χ1v) is 4.31. The molecule has 0 atom stereocenters. The van der Waals surface area contributed by atoms with Crippen LogP contribution >= 0.6 is 11.3 Å². The summed E-state index contributed by atoms with van der Waals surface area (Å²) in [6.45, 7) is 6.94. The van der Waals surface area contributed by atoms with Crippen LogP contribution in [0.4, 0.5) is 0 Å². The summed E-state index contributed by atoms with van der Waals surface area (Å²) in [5.41, 5.74) is 1.25. The Bertz CT molecular complexity index is 196. The summed E-state index contributed by atoms with van der Waals surface area (Å²) in [7, 11) is 0. The molecular formula is C8H12OS. The lowest BCUT2D eigenvalue weighted by atomic mass is 10.3. The van der Waals surface area contributed by atoms with Crippen LogP contribution in [0.2, 0.25) is 0 Å². The fraction of sp³-hybridized carbons (Fsp3) is 0.500. The zero-order valence-corrected chi connectivity index (χ0v) is 7.42. The number of aryl methyl sites for hydroxylation is 2. The highest BCUT2D eigenvalue weighted by Gasteiger charge is 2.03. The SMILES string of the molecule is CCOc1c(C)csc1C. The molecule has 1 aromatic rings. The number of ether oxygens (including phenoxy) is 1. The molecule has 0 saturated carbocycles. The number of hydrogen-bond acceptors (Lipinski definition) is 2. The minimum atomic E-state index is 0.762. The molecular weight excluding hydrogens is 144 g/mol. The summed E-state index contributed by atoms with van der Waals surface area (Å²) < 4.78 is 5.42. The van der Waals surface area contributed by atoms with E-state index in [0.717, 1.165) is 12.4 Å². The van der Waals surface area contributed by atoms with E-state index in [1.165, 1.54) is 10.4 Å². The maximum absolute atomic E-state index is 5.42. The molecule has 56 valence electrons. The van der Waals surface area contributed by atoms with Crippen LogP contribution in [-0.2, 0) is 0 Å². The lowest BCUT2D eigenvalue weighted by Gasteiger charge is -2.01. The van der Waals surface area contributed by atoms with Crippen LogP contribution in [0.5, 0.6) is 5.75 Å². The van der Waals surface area contributed by atoms with Gasteiger partial charge in [-0.15, -0.1) is 11.3 Å². The highest BCUT2D eigenvalue weighted by atomic mass is 32.1. The topological polar surface area (TPSA) is 9.23 Å². The van der Waals surface area contributed by atoms with Crippen molar-refractivity contribution in [2.45, 2.75) is 20.8 Å². The van der Waals surface area contributed by atoms with Gasteiger partial charge in [0.05, 0.1) is 6.61 Å². The van der Waals surface area contributed by atoms with Crippen molar-refractivity contribution in [1.82, 2.24) is 0 Å². The molecule has 0 spiro atoms. The molecule has 0 radical (unpaired) electrons. The van der Waals surface area contributed by atoms with Crippen molar-refractivity contribution in [1.29, 1.82) is 0 Å². The predicted molar refractivity (Wildman–Crippen MR) is 45.0 cm³/mol. The predicted octanol–water partition coefficient (Wildman–Crippen LogP) is 2.76. The Morgan fingerprint density at radius 3 is 2.60 bits per heavy atom. The fourth-order valence-electron chi connectivity index (χ4n) is 0.921. The Labute approximate surface area is 65.6 Å². The van der Waals surface area contributed by atoms with Gasteiger partial charge < -0.3 is 4.74 Å². The van der Waals surface area contributed by atoms with Crippen LogP contribution in [0.15, 0.2) is 5.38 Å². The average Bonchev–Trinajstić information content (AvgIpc) is 2.20. The third-order valence-corrected chi connectivity index (χ3v) is 2.39. The molecule has 1 heterocycles. The first-order chi connectivity index (χ1) is 4.75. The minimum Gasteiger partial charge on any atom is -0.492 e. The molecule has 0 aliphatic rings. The van der Waals surface area contributed by atoms with Crippen LogP contribution in [0.1, 0.15) is 17.4 Å². The van der Waals surface area contributed by atoms with Gasteiger partial charge in [0, 0.05) is 10.4 Å². The molecule has 0 aromatic carbocycles. The first kappa shape index (κ1) is 7.61. The van der Waals surface area contributed by atoms with Crippen molar-refractivity contribution in [3.63, 3.8) is 0 Å². The second kappa shape index (κ2) is 3.06. The average molecular weight is 156 g/mol. The molecule has 0 bridgehead atoms. The number of thiophene rings is 1. The summed E-state index contributed by atoms with van der Waals surface area (Å²) >= 11 is 1.75. The van der Waals surface area contributed by atoms with Gasteiger partial charge in [-0.25, -0.2) is 0 Å². The second-order valence-electron chi connectivity index (χ2n) is 2.24. The van der Waals surface area contributed by atoms with Crippen LogP contribution in [0.25, 0.3) is 0 Å². The Morgan fingerprint density at radius 2 is 2.20 bits per heavy atom. The largest absolute Gasteiger partial charge is 0.492 e. The van der Waals surface area contributed by atoms with E-state index in [2.05, 4.69) is 19.2 Å². The van der Waals surface area contributed by atoms with Gasteiger partial charge in [-0.3, -0.25) is 0 Å². The van der Waals surface area contributed by atoms with Crippen LogP contribution in [0, 0.1) is 13.8 Å². The molecule has 1 aromatic heterocycles. The van der Waals surface area contributed by atoms with Crippen molar-refractivity contribution in [2.24, 2.45) is 0 Å². The van der Waals surface area contributed by atoms with Gasteiger partial charge in [0.15, 0.2) is 0 Å². The fourth-order valence-corrected chi connectivity index (χ4v) is 1.71. The summed E-state index contributed by atoms with van der Waals surface area (Å²) in [5, 5.41) is 2.13. The lowest BCUT2D eigenvalue weighted by molar-refractivity contribution is 0.337. The maximum Gasteiger partial charge on any atom is 0.135 e. The molecule has 1 nitrogen and oxygen atoms in total. The smallest absolute Gasteiger partial charge is 0.135 e. The Kier molecular flexibility index (Phi) is 2.33. The molecule has 1 rings (SSSR count). The highest BCUT2D eigenvalue weighted by Crippen LogP contribution is 2.28. The third kappa shape index (κ3) is 1.32. The molecule has 0 aliphatic carbocycles. The zero-order chi connectivity index (χ0) is 7.56. The zero-order valence-electron chi connectivity index (χ0n) is 6.60. The van der Waals surface area contributed by atoms with E-state index in [4.69, 9.17) is 4.74 Å². The van der Waals surface area contributed by atoms with Crippen LogP contribution < -0.4 is 4.74 Å². The number of hydrogen-bond donors (Lipinski definition) is 0. The second-order valence-corrected chi connectivity index (χ2v) is 3.32. The van der Waals surface area contributed by atoms with Crippen LogP contribution in [-0.4, -0.2) is 6.61 Å². The summed E-state index contributed by atoms with van der Waals surface area (Å²) in [5.74, 6) is 1.08. The standard InChI is InChI=1S/C8H12OS/c1-4-9-8-6(2)5-10-7(8)3/h5H,4H2,1-3H3. The molecule has 0 aliphatic heterocycles. The van der Waals surface area contributed by atoms with Gasteiger partial charge >= 0.3 is 0 Å². The Balaban J connectivity index is 2.87. The first-order valence-electron chi connectivity index (χ1n) is 3.43. The number of rotatable bonds is 2. The third-order valence-electron chi connectivity index (χ3n) is 1.38. The Hall–Kier alpha value is -0.500. The van der Waals surface area contributed by atoms with Crippen molar-refractivity contribution < 1.29 is 4.74 Å². The molecule has 0 unspecified atom stereocenters. The van der Waals surface area contributed by atoms with E-state index in [9.17, 15) is 0 Å². The summed E-state index contributed by atoms with van der Waals surface area (Å²) in [6.07, 6.45) is 0. The minimum absolute atomic E-state index is 0.762. The lowest BCUT2D eigenvalue weighted by Crippen LogP contribution is -1.92.